The maximum absolute atomic E-state index is 12.3. The number of nitriles is 1. The molecule has 0 aliphatic carbocycles. The molecule has 1 aromatic carbocycles. The van der Waals surface area contributed by atoms with Gasteiger partial charge in [-0.15, -0.1) is 11.3 Å². The predicted molar refractivity (Wildman–Crippen MR) is 124 cm³/mol. The molecule has 8 N–H and O–H groups in total. The van der Waals surface area contributed by atoms with E-state index < -0.39 is 17.8 Å². The number of primary amides is 1. The molecule has 3 aromatic rings. The number of benzene rings is 1. The quantitative estimate of drug-likeness (QED) is 0.328. The summed E-state index contributed by atoms with van der Waals surface area (Å²) in [6, 6.07) is 6.83. The summed E-state index contributed by atoms with van der Waals surface area (Å²) < 4.78 is 5.31. The molecule has 2 amide bonds. The number of carbonyl (C=O) groups excluding carboxylic acids is 2. The maximum Gasteiger partial charge on any atom is 0.303 e. The van der Waals surface area contributed by atoms with Gasteiger partial charge in [0.1, 0.15) is 32.9 Å². The Labute approximate surface area is 191 Å². The molecule has 0 unspecified atom stereocenters. The van der Waals surface area contributed by atoms with Crippen LogP contribution >= 0.6 is 11.3 Å². The molecule has 0 fully saturated rings. The smallest absolute Gasteiger partial charge is 0.303 e. The number of ether oxygens (including phenoxy) is 1. The molecule has 170 valence electrons. The number of hydrogen-bond acceptors (Lipinski definition) is 9. The summed E-state index contributed by atoms with van der Waals surface area (Å²) in [5.74, 6) is -1.83. The van der Waals surface area contributed by atoms with E-state index in [1.165, 1.54) is 7.11 Å². The highest BCUT2D eigenvalue weighted by atomic mass is 32.1. The molecule has 0 saturated heterocycles. The number of carbonyl (C=O) groups is 3. The van der Waals surface area contributed by atoms with Gasteiger partial charge in [-0.2, -0.15) is 5.26 Å². The number of anilines is 3. The predicted octanol–water partition coefficient (Wildman–Crippen LogP) is 2.30. The minimum atomic E-state index is -0.991. The number of carboxylic acids is 1. The van der Waals surface area contributed by atoms with Crippen LogP contribution in [0, 0.1) is 11.3 Å². The maximum atomic E-state index is 12.3. The lowest BCUT2D eigenvalue weighted by Gasteiger charge is -2.14. The summed E-state index contributed by atoms with van der Waals surface area (Å²) in [4.78, 5) is 39.4. The van der Waals surface area contributed by atoms with E-state index in [2.05, 4.69) is 10.3 Å². The molecule has 0 saturated carbocycles. The molecule has 0 bridgehead atoms. The van der Waals surface area contributed by atoms with Gasteiger partial charge in [-0.1, -0.05) is 6.07 Å². The average Bonchev–Trinajstić information content (AvgIpc) is 3.08. The van der Waals surface area contributed by atoms with Crippen molar-refractivity contribution in [3.05, 3.63) is 28.6 Å². The van der Waals surface area contributed by atoms with E-state index in [1.807, 2.05) is 6.07 Å². The molecule has 11 nitrogen and oxygen atoms in total. The first kappa shape index (κ1) is 23.3. The van der Waals surface area contributed by atoms with Crippen molar-refractivity contribution in [3.8, 4) is 22.9 Å². The third-order valence-corrected chi connectivity index (χ3v) is 5.91. The molecule has 0 spiro atoms. The summed E-state index contributed by atoms with van der Waals surface area (Å²) in [6.45, 7) is 0. The summed E-state index contributed by atoms with van der Waals surface area (Å²) >= 11 is 0.966. The lowest BCUT2D eigenvalue weighted by molar-refractivity contribution is -0.137. The molecule has 3 rings (SSSR count). The number of nitrogens with zero attached hydrogens (tertiary/aromatic N) is 2. The fourth-order valence-electron chi connectivity index (χ4n) is 3.33. The van der Waals surface area contributed by atoms with Crippen LogP contribution in [0.25, 0.3) is 21.3 Å². The molecular formula is C21H20N6O5S. The topological polar surface area (TPSA) is 207 Å². The molecule has 0 aliphatic heterocycles. The lowest BCUT2D eigenvalue weighted by atomic mass is 9.96. The number of nitrogens with one attached hydrogen (secondary N) is 1. The van der Waals surface area contributed by atoms with Crippen LogP contribution in [-0.4, -0.2) is 35.0 Å². The summed E-state index contributed by atoms with van der Waals surface area (Å²) in [6.07, 6.45) is 0.0314. The summed E-state index contributed by atoms with van der Waals surface area (Å²) in [5, 5.41) is 21.5. The molecule has 0 atom stereocenters. The Morgan fingerprint density at radius 1 is 1.27 bits per heavy atom. The lowest BCUT2D eigenvalue weighted by Crippen LogP contribution is -2.13. The van der Waals surface area contributed by atoms with Gasteiger partial charge in [0.2, 0.25) is 5.91 Å². The highest BCUT2D eigenvalue weighted by molar-refractivity contribution is 7.21. The third-order valence-electron chi connectivity index (χ3n) is 4.80. The van der Waals surface area contributed by atoms with Crippen molar-refractivity contribution in [2.24, 2.45) is 5.73 Å². The second-order valence-electron chi connectivity index (χ2n) is 6.96. The Kier molecular flexibility index (Phi) is 6.64. The van der Waals surface area contributed by atoms with Gasteiger partial charge in [0.05, 0.1) is 18.5 Å². The zero-order chi connectivity index (χ0) is 24.3. The van der Waals surface area contributed by atoms with Crippen molar-refractivity contribution >= 4 is 56.5 Å². The Bertz CT molecular complexity index is 1330. The number of carboxylic acid groups (broad SMARTS) is 1. The Morgan fingerprint density at radius 3 is 2.61 bits per heavy atom. The SMILES string of the molecule is COc1ccc(-c2c(C#N)c(N)nc3sc(C(N)=O)c(N)c23)cc1NC(=O)CCCC(=O)O. The zero-order valence-corrected chi connectivity index (χ0v) is 18.3. The number of hydrogen-bond donors (Lipinski definition) is 5. The van der Waals surface area contributed by atoms with Crippen molar-refractivity contribution in [1.82, 2.24) is 4.98 Å². The van der Waals surface area contributed by atoms with Crippen LogP contribution in [0.4, 0.5) is 17.2 Å². The van der Waals surface area contributed by atoms with E-state index in [4.69, 9.17) is 27.0 Å². The minimum Gasteiger partial charge on any atom is -0.495 e. The van der Waals surface area contributed by atoms with Gasteiger partial charge in [0.25, 0.3) is 5.91 Å². The zero-order valence-electron chi connectivity index (χ0n) is 17.5. The number of fused-ring (bicyclic) bond motifs is 1. The van der Waals surface area contributed by atoms with Crippen LogP contribution in [0.3, 0.4) is 0 Å². The average molecular weight is 468 g/mol. The van der Waals surface area contributed by atoms with Crippen molar-refractivity contribution < 1.29 is 24.2 Å². The number of methoxy groups -OCH3 is 1. The highest BCUT2D eigenvalue weighted by Crippen LogP contribution is 2.43. The van der Waals surface area contributed by atoms with Crippen LogP contribution in [0.2, 0.25) is 0 Å². The first-order valence-electron chi connectivity index (χ1n) is 9.59. The van der Waals surface area contributed by atoms with Gasteiger partial charge >= 0.3 is 5.97 Å². The Hall–Kier alpha value is -4.37. The minimum absolute atomic E-state index is 0.00493. The standard InChI is InChI=1S/C21H20N6O5S/c1-32-12-6-5-9(7-11(12)26-13(28)3-2-4-14(29)30)15-10(8-22)19(24)27-21-16(15)17(23)18(33-21)20(25)31/h5-7H,2-4,23H2,1H3,(H2,24,27)(H2,25,31)(H,26,28)(H,29,30). The number of nitrogen functional groups attached to an aromatic ring is 2. The monoisotopic (exact) mass is 468 g/mol. The molecule has 2 aromatic heterocycles. The Morgan fingerprint density at radius 2 is 2.00 bits per heavy atom. The second kappa shape index (κ2) is 9.41. The molecule has 12 heteroatoms. The van der Waals surface area contributed by atoms with Crippen molar-refractivity contribution in [3.63, 3.8) is 0 Å². The van der Waals surface area contributed by atoms with E-state index >= 15 is 0 Å². The van der Waals surface area contributed by atoms with E-state index in [-0.39, 0.29) is 41.2 Å². The van der Waals surface area contributed by atoms with E-state index in [0.29, 0.717) is 32.8 Å². The number of rotatable bonds is 8. The first-order valence-corrected chi connectivity index (χ1v) is 10.4. The third kappa shape index (κ3) is 4.63. The van der Waals surface area contributed by atoms with Crippen LogP contribution in [-0.2, 0) is 9.59 Å². The Balaban J connectivity index is 2.15. The van der Waals surface area contributed by atoms with Gasteiger partial charge in [-0.05, 0) is 24.1 Å². The highest BCUT2D eigenvalue weighted by Gasteiger charge is 2.24. The number of pyridine rings is 1. The number of amides is 2. The molecule has 0 aliphatic rings. The van der Waals surface area contributed by atoms with Gasteiger partial charge in [0, 0.05) is 23.8 Å². The van der Waals surface area contributed by atoms with Crippen molar-refractivity contribution in [2.45, 2.75) is 19.3 Å². The van der Waals surface area contributed by atoms with E-state index in [1.54, 1.807) is 18.2 Å². The van der Waals surface area contributed by atoms with E-state index in [9.17, 15) is 19.6 Å². The largest absolute Gasteiger partial charge is 0.495 e. The van der Waals surface area contributed by atoms with E-state index in [0.717, 1.165) is 11.3 Å². The first-order chi connectivity index (χ1) is 15.7. The van der Waals surface area contributed by atoms with Crippen molar-refractivity contribution in [2.75, 3.05) is 23.9 Å². The van der Waals surface area contributed by atoms with Crippen LogP contribution in [0.5, 0.6) is 5.75 Å². The molecule has 33 heavy (non-hydrogen) atoms. The number of thiophene rings is 1. The molecule has 2 heterocycles. The molecular weight excluding hydrogens is 448 g/mol. The van der Waals surface area contributed by atoms with Crippen LogP contribution in [0.15, 0.2) is 18.2 Å². The summed E-state index contributed by atoms with van der Waals surface area (Å²) in [5.41, 5.74) is 18.8. The number of aromatic nitrogens is 1. The van der Waals surface area contributed by atoms with Gasteiger partial charge in [0.15, 0.2) is 0 Å². The number of aliphatic carboxylic acids is 1. The fraction of sp³-hybridized carbons (Fsp3) is 0.190. The van der Waals surface area contributed by atoms with Crippen LogP contribution < -0.4 is 27.3 Å². The normalized spacial score (nSPS) is 10.5. The summed E-state index contributed by atoms with van der Waals surface area (Å²) in [7, 11) is 1.43. The second-order valence-corrected chi connectivity index (χ2v) is 7.96. The van der Waals surface area contributed by atoms with Gasteiger partial charge in [-0.25, -0.2) is 4.98 Å². The number of nitrogens with two attached hydrogens (primary N) is 3. The van der Waals surface area contributed by atoms with Crippen LogP contribution in [0.1, 0.15) is 34.5 Å². The molecule has 0 radical (unpaired) electrons. The fourth-order valence-corrected chi connectivity index (χ4v) is 4.29. The van der Waals surface area contributed by atoms with Crippen molar-refractivity contribution in [1.29, 1.82) is 5.26 Å². The van der Waals surface area contributed by atoms with Gasteiger partial charge in [-0.3, -0.25) is 14.4 Å². The van der Waals surface area contributed by atoms with Gasteiger partial charge < -0.3 is 32.4 Å².